The number of rotatable bonds is 3. The average Bonchev–Trinajstić information content (AvgIpc) is 2.61. The fourth-order valence-corrected chi connectivity index (χ4v) is 4.54. The molecule has 0 N–H and O–H groups in total. The first-order valence-electron chi connectivity index (χ1n) is 7.80. The molecule has 138 valence electrons. The van der Waals surface area contributed by atoms with Crippen LogP contribution in [0, 0.1) is 11.6 Å². The van der Waals surface area contributed by atoms with Gasteiger partial charge in [-0.25, -0.2) is 17.2 Å². The third-order valence-electron chi connectivity index (χ3n) is 4.15. The summed E-state index contributed by atoms with van der Waals surface area (Å²) in [5.74, 6) is -2.59. The van der Waals surface area contributed by atoms with E-state index < -0.39 is 26.6 Å². The third kappa shape index (κ3) is 3.44. The van der Waals surface area contributed by atoms with Crippen LogP contribution in [0.15, 0.2) is 47.4 Å². The highest BCUT2D eigenvalue weighted by Gasteiger charge is 2.34. The van der Waals surface area contributed by atoms with Gasteiger partial charge in [-0.2, -0.15) is 4.31 Å². The summed E-state index contributed by atoms with van der Waals surface area (Å²) in [6.07, 6.45) is 0. The second-order valence-corrected chi connectivity index (χ2v) is 8.01. The molecule has 0 atom stereocenters. The first kappa shape index (κ1) is 18.8. The molecule has 2 aromatic rings. The van der Waals surface area contributed by atoms with E-state index in [0.717, 1.165) is 22.5 Å². The minimum Gasteiger partial charge on any atom is -0.336 e. The Hall–Kier alpha value is -2.03. The molecule has 1 aliphatic rings. The van der Waals surface area contributed by atoms with E-state index in [0.29, 0.717) is 10.6 Å². The Balaban J connectivity index is 1.76. The molecule has 0 spiro atoms. The molecular weight excluding hydrogens is 386 g/mol. The summed E-state index contributed by atoms with van der Waals surface area (Å²) in [7, 11) is -4.33. The van der Waals surface area contributed by atoms with Crippen molar-refractivity contribution in [1.29, 1.82) is 0 Å². The van der Waals surface area contributed by atoms with Crippen LogP contribution < -0.4 is 0 Å². The Labute approximate surface area is 154 Å². The van der Waals surface area contributed by atoms with Crippen molar-refractivity contribution in [3.8, 4) is 0 Å². The molecule has 0 aliphatic carbocycles. The van der Waals surface area contributed by atoms with Gasteiger partial charge in [0, 0.05) is 26.2 Å². The third-order valence-corrected chi connectivity index (χ3v) is 6.43. The molecule has 1 heterocycles. The lowest BCUT2D eigenvalue weighted by Crippen LogP contribution is -2.50. The van der Waals surface area contributed by atoms with Crippen LogP contribution >= 0.6 is 11.6 Å². The summed E-state index contributed by atoms with van der Waals surface area (Å²) < 4.78 is 53.8. The lowest BCUT2D eigenvalue weighted by atomic mass is 10.2. The van der Waals surface area contributed by atoms with Crippen molar-refractivity contribution in [2.45, 2.75) is 4.90 Å². The topological polar surface area (TPSA) is 57.7 Å². The van der Waals surface area contributed by atoms with Gasteiger partial charge in [0.25, 0.3) is 5.91 Å². The predicted octanol–water partition coefficient (Wildman–Crippen LogP) is 2.76. The highest BCUT2D eigenvalue weighted by Crippen LogP contribution is 2.24. The number of halogens is 3. The number of hydrogen-bond donors (Lipinski definition) is 0. The van der Waals surface area contributed by atoms with Gasteiger partial charge in [-0.1, -0.05) is 29.8 Å². The van der Waals surface area contributed by atoms with Crippen LogP contribution in [-0.4, -0.2) is 49.7 Å². The molecule has 1 amide bonds. The maximum Gasteiger partial charge on any atom is 0.255 e. The van der Waals surface area contributed by atoms with Crippen molar-refractivity contribution >= 4 is 27.5 Å². The second-order valence-electron chi connectivity index (χ2n) is 5.73. The number of amides is 1. The van der Waals surface area contributed by atoms with Gasteiger partial charge in [-0.05, 0) is 24.3 Å². The number of benzene rings is 2. The first-order chi connectivity index (χ1) is 12.3. The van der Waals surface area contributed by atoms with Gasteiger partial charge >= 0.3 is 0 Å². The van der Waals surface area contributed by atoms with E-state index in [9.17, 15) is 22.0 Å². The molecule has 1 aliphatic heterocycles. The summed E-state index contributed by atoms with van der Waals surface area (Å²) >= 11 is 6.02. The molecule has 5 nitrogen and oxygen atoms in total. The number of hydrogen-bond acceptors (Lipinski definition) is 3. The van der Waals surface area contributed by atoms with Crippen LogP contribution in [0.4, 0.5) is 8.78 Å². The monoisotopic (exact) mass is 400 g/mol. The Bertz CT molecular complexity index is 925. The lowest BCUT2D eigenvalue weighted by molar-refractivity contribution is 0.0697. The summed E-state index contributed by atoms with van der Waals surface area (Å²) in [5, 5.41) is 0.306. The maximum atomic E-state index is 13.8. The van der Waals surface area contributed by atoms with Crippen molar-refractivity contribution in [2.24, 2.45) is 0 Å². The van der Waals surface area contributed by atoms with Crippen molar-refractivity contribution in [2.75, 3.05) is 26.2 Å². The van der Waals surface area contributed by atoms with Gasteiger partial charge in [-0.15, -0.1) is 0 Å². The fraction of sp³-hybridized carbons (Fsp3) is 0.235. The van der Waals surface area contributed by atoms with E-state index in [1.807, 2.05) is 0 Å². The number of nitrogens with zero attached hydrogens (tertiary/aromatic N) is 2. The average molecular weight is 401 g/mol. The minimum atomic E-state index is -4.33. The predicted molar refractivity (Wildman–Crippen MR) is 92.5 cm³/mol. The highest BCUT2D eigenvalue weighted by molar-refractivity contribution is 7.89. The molecular formula is C17H15ClF2N2O3S. The molecule has 0 radical (unpaired) electrons. The fourth-order valence-electron chi connectivity index (χ4n) is 2.79. The number of carbonyl (C=O) groups excluding carboxylic acids is 1. The molecule has 1 saturated heterocycles. The summed E-state index contributed by atoms with van der Waals surface area (Å²) in [4.78, 5) is 13.0. The number of piperazine rings is 1. The van der Waals surface area contributed by atoms with Gasteiger partial charge in [0.15, 0.2) is 4.90 Å². The van der Waals surface area contributed by atoms with E-state index in [1.54, 1.807) is 24.3 Å². The van der Waals surface area contributed by atoms with E-state index >= 15 is 0 Å². The number of sulfonamides is 1. The summed E-state index contributed by atoms with van der Waals surface area (Å²) in [6.45, 7) is 0.0668. The zero-order valence-electron chi connectivity index (χ0n) is 13.5. The van der Waals surface area contributed by atoms with Crippen LogP contribution in [0.5, 0.6) is 0 Å². The Morgan fingerprint density at radius 1 is 0.923 bits per heavy atom. The van der Waals surface area contributed by atoms with E-state index in [4.69, 9.17) is 11.6 Å². The van der Waals surface area contributed by atoms with Crippen molar-refractivity contribution in [3.05, 3.63) is 64.7 Å². The van der Waals surface area contributed by atoms with Crippen LogP contribution in [0.25, 0.3) is 0 Å². The highest BCUT2D eigenvalue weighted by atomic mass is 35.5. The quantitative estimate of drug-likeness (QED) is 0.796. The molecule has 26 heavy (non-hydrogen) atoms. The van der Waals surface area contributed by atoms with Crippen LogP contribution in [0.3, 0.4) is 0 Å². The molecule has 0 unspecified atom stereocenters. The van der Waals surface area contributed by atoms with E-state index in [-0.39, 0.29) is 32.1 Å². The second kappa shape index (κ2) is 7.30. The van der Waals surface area contributed by atoms with Crippen LogP contribution in [-0.2, 0) is 10.0 Å². The van der Waals surface area contributed by atoms with Gasteiger partial charge in [0.05, 0.1) is 10.6 Å². The maximum absolute atomic E-state index is 13.8. The van der Waals surface area contributed by atoms with Gasteiger partial charge < -0.3 is 4.90 Å². The van der Waals surface area contributed by atoms with Crippen molar-refractivity contribution < 1.29 is 22.0 Å². The van der Waals surface area contributed by atoms with Gasteiger partial charge in [0.1, 0.15) is 11.6 Å². The lowest BCUT2D eigenvalue weighted by Gasteiger charge is -2.34. The molecule has 1 fully saturated rings. The van der Waals surface area contributed by atoms with E-state index in [2.05, 4.69) is 0 Å². The van der Waals surface area contributed by atoms with Gasteiger partial charge in [0.2, 0.25) is 10.0 Å². The Morgan fingerprint density at radius 2 is 1.50 bits per heavy atom. The van der Waals surface area contributed by atoms with E-state index in [1.165, 1.54) is 4.90 Å². The summed E-state index contributed by atoms with van der Waals surface area (Å²) in [6, 6.07) is 9.45. The zero-order valence-corrected chi connectivity index (χ0v) is 15.1. The summed E-state index contributed by atoms with van der Waals surface area (Å²) in [5.41, 5.74) is 0.325. The van der Waals surface area contributed by atoms with Crippen molar-refractivity contribution in [1.82, 2.24) is 9.21 Å². The molecule has 0 aromatic heterocycles. The minimum absolute atomic E-state index is 0.0632. The molecule has 0 bridgehead atoms. The standard InChI is InChI=1S/C17H15ClF2N2O3S/c18-13-5-2-1-4-12(13)17(23)21-8-10-22(11-9-21)26(24,25)16-14(19)6-3-7-15(16)20/h1-7H,8-11H2. The smallest absolute Gasteiger partial charge is 0.255 e. The Kier molecular flexibility index (Phi) is 5.27. The van der Waals surface area contributed by atoms with Gasteiger partial charge in [-0.3, -0.25) is 4.79 Å². The normalized spacial score (nSPS) is 15.9. The largest absolute Gasteiger partial charge is 0.336 e. The van der Waals surface area contributed by atoms with Crippen molar-refractivity contribution in [3.63, 3.8) is 0 Å². The van der Waals surface area contributed by atoms with Crippen LogP contribution in [0.1, 0.15) is 10.4 Å². The Morgan fingerprint density at radius 3 is 2.08 bits per heavy atom. The molecule has 2 aromatic carbocycles. The van der Waals surface area contributed by atoms with Crippen LogP contribution in [0.2, 0.25) is 5.02 Å². The number of carbonyl (C=O) groups is 1. The molecule has 0 saturated carbocycles. The molecule has 3 rings (SSSR count). The molecule has 9 heteroatoms. The SMILES string of the molecule is O=C(c1ccccc1Cl)N1CCN(S(=O)(=O)c2c(F)cccc2F)CC1. The first-order valence-corrected chi connectivity index (χ1v) is 9.62. The zero-order chi connectivity index (χ0) is 18.9.